The van der Waals surface area contributed by atoms with Crippen LogP contribution < -0.4 is 0 Å². The molecule has 0 atom stereocenters. The SMILES string of the molecule is CCOC(=O)C1=C(C)SCC1=O. The number of allylic oxidation sites excluding steroid dienone is 1. The highest BCUT2D eigenvalue weighted by atomic mass is 32.2. The van der Waals surface area contributed by atoms with Crippen molar-refractivity contribution in [2.24, 2.45) is 0 Å². The largest absolute Gasteiger partial charge is 0.462 e. The molecule has 0 saturated heterocycles. The molecule has 3 nitrogen and oxygen atoms in total. The highest BCUT2D eigenvalue weighted by molar-refractivity contribution is 8.04. The van der Waals surface area contributed by atoms with Gasteiger partial charge in [0.05, 0.1) is 12.4 Å². The minimum atomic E-state index is -0.481. The van der Waals surface area contributed by atoms with Crippen molar-refractivity contribution < 1.29 is 14.3 Å². The molecule has 4 heteroatoms. The second-order valence-corrected chi connectivity index (χ2v) is 3.55. The standard InChI is InChI=1S/C8H10O3S/c1-3-11-8(10)7-5(2)12-4-6(7)9/h3-4H2,1-2H3. The zero-order chi connectivity index (χ0) is 9.14. The van der Waals surface area contributed by atoms with Gasteiger partial charge in [-0.1, -0.05) is 0 Å². The van der Waals surface area contributed by atoms with Crippen molar-refractivity contribution in [1.82, 2.24) is 0 Å². The van der Waals surface area contributed by atoms with Crippen LogP contribution in [0.5, 0.6) is 0 Å². The van der Waals surface area contributed by atoms with Gasteiger partial charge in [-0.05, 0) is 13.8 Å². The lowest BCUT2D eigenvalue weighted by molar-refractivity contribution is -0.139. The van der Waals surface area contributed by atoms with Crippen LogP contribution in [0.2, 0.25) is 0 Å². The van der Waals surface area contributed by atoms with Crippen LogP contribution in [0.15, 0.2) is 10.5 Å². The van der Waals surface area contributed by atoms with Crippen molar-refractivity contribution in [3.63, 3.8) is 0 Å². The third-order valence-corrected chi connectivity index (χ3v) is 2.57. The summed E-state index contributed by atoms with van der Waals surface area (Å²) >= 11 is 1.40. The molecule has 0 saturated carbocycles. The summed E-state index contributed by atoms with van der Waals surface area (Å²) in [6, 6.07) is 0. The van der Waals surface area contributed by atoms with Crippen LogP contribution in [0.25, 0.3) is 0 Å². The van der Waals surface area contributed by atoms with E-state index in [-0.39, 0.29) is 11.4 Å². The number of hydrogen-bond acceptors (Lipinski definition) is 4. The van der Waals surface area contributed by atoms with Crippen LogP contribution in [0, 0.1) is 0 Å². The fourth-order valence-electron chi connectivity index (χ4n) is 0.975. The molecule has 0 aromatic carbocycles. The summed E-state index contributed by atoms with van der Waals surface area (Å²) in [5.74, 6) is -0.221. The quantitative estimate of drug-likeness (QED) is 0.479. The number of rotatable bonds is 2. The van der Waals surface area contributed by atoms with Gasteiger partial charge in [-0.25, -0.2) is 4.79 Å². The van der Waals surface area contributed by atoms with Gasteiger partial charge in [0.1, 0.15) is 5.57 Å². The van der Waals surface area contributed by atoms with Crippen LogP contribution in [-0.4, -0.2) is 24.1 Å². The summed E-state index contributed by atoms with van der Waals surface area (Å²) in [5, 5.41) is 0. The lowest BCUT2D eigenvalue weighted by Crippen LogP contribution is -2.14. The van der Waals surface area contributed by atoms with E-state index in [1.807, 2.05) is 0 Å². The molecule has 0 unspecified atom stereocenters. The number of esters is 1. The Bertz CT molecular complexity index is 255. The van der Waals surface area contributed by atoms with Crippen LogP contribution in [-0.2, 0) is 14.3 Å². The lowest BCUT2D eigenvalue weighted by atomic mass is 10.2. The van der Waals surface area contributed by atoms with Crippen LogP contribution >= 0.6 is 11.8 Å². The molecule has 0 bridgehead atoms. The molecule has 66 valence electrons. The molecule has 0 aromatic heterocycles. The normalized spacial score (nSPS) is 17.0. The van der Waals surface area contributed by atoms with E-state index in [1.165, 1.54) is 11.8 Å². The summed E-state index contributed by atoms with van der Waals surface area (Å²) in [6.07, 6.45) is 0. The second-order valence-electron chi connectivity index (χ2n) is 2.36. The molecule has 0 radical (unpaired) electrons. The predicted octanol–water partition coefficient (Wildman–Crippen LogP) is 1.14. The van der Waals surface area contributed by atoms with Gasteiger partial charge in [0.25, 0.3) is 0 Å². The topological polar surface area (TPSA) is 43.4 Å². The number of thioether (sulfide) groups is 1. The number of ketones is 1. The highest BCUT2D eigenvalue weighted by Crippen LogP contribution is 2.28. The molecule has 0 fully saturated rings. The Labute approximate surface area is 75.2 Å². The molecule has 0 aliphatic carbocycles. The van der Waals surface area contributed by atoms with Gasteiger partial charge in [0.15, 0.2) is 5.78 Å². The fourth-order valence-corrected chi connectivity index (χ4v) is 1.81. The van der Waals surface area contributed by atoms with Crippen molar-refractivity contribution in [1.29, 1.82) is 0 Å². The van der Waals surface area contributed by atoms with Crippen molar-refractivity contribution in [2.45, 2.75) is 13.8 Å². The first-order chi connectivity index (χ1) is 5.66. The van der Waals surface area contributed by atoms with E-state index in [9.17, 15) is 9.59 Å². The molecule has 12 heavy (non-hydrogen) atoms. The molecule has 0 spiro atoms. The smallest absolute Gasteiger partial charge is 0.342 e. The average Bonchev–Trinajstić information content (AvgIpc) is 2.32. The highest BCUT2D eigenvalue weighted by Gasteiger charge is 2.27. The third kappa shape index (κ3) is 1.69. The van der Waals surface area contributed by atoms with E-state index >= 15 is 0 Å². The maximum Gasteiger partial charge on any atom is 0.342 e. The molecule has 1 heterocycles. The molecule has 0 aromatic rings. The van der Waals surface area contributed by atoms with Gasteiger partial charge >= 0.3 is 5.97 Å². The summed E-state index contributed by atoms with van der Waals surface area (Å²) in [7, 11) is 0. The predicted molar refractivity (Wildman–Crippen MR) is 46.8 cm³/mol. The van der Waals surface area contributed by atoms with Crippen molar-refractivity contribution in [3.05, 3.63) is 10.5 Å². The van der Waals surface area contributed by atoms with Gasteiger partial charge in [-0.15, -0.1) is 11.8 Å². The van der Waals surface area contributed by atoms with E-state index in [0.717, 1.165) is 4.91 Å². The first-order valence-electron chi connectivity index (χ1n) is 3.70. The molecular formula is C8H10O3S. The Hall–Kier alpha value is -0.770. The lowest BCUT2D eigenvalue weighted by Gasteiger charge is -2.00. The van der Waals surface area contributed by atoms with E-state index in [1.54, 1.807) is 13.8 Å². The van der Waals surface area contributed by atoms with Crippen LogP contribution in [0.4, 0.5) is 0 Å². The zero-order valence-corrected chi connectivity index (χ0v) is 7.86. The Balaban J connectivity index is 2.79. The molecular weight excluding hydrogens is 176 g/mol. The van der Waals surface area contributed by atoms with Gasteiger partial charge in [0.2, 0.25) is 0 Å². The van der Waals surface area contributed by atoms with Crippen molar-refractivity contribution in [3.8, 4) is 0 Å². The summed E-state index contributed by atoms with van der Waals surface area (Å²) in [4.78, 5) is 23.0. The molecule has 1 aliphatic rings. The molecule has 0 N–H and O–H groups in total. The number of ether oxygens (including phenoxy) is 1. The van der Waals surface area contributed by atoms with E-state index in [2.05, 4.69) is 0 Å². The minimum absolute atomic E-state index is 0.115. The van der Waals surface area contributed by atoms with E-state index < -0.39 is 5.97 Å². The molecule has 1 rings (SSSR count). The number of Topliss-reactive ketones (excluding diaryl/α,β-unsaturated/α-hetero) is 1. The number of carbonyl (C=O) groups is 2. The molecule has 0 amide bonds. The maximum absolute atomic E-state index is 11.2. The number of carbonyl (C=O) groups excluding carboxylic acids is 2. The van der Waals surface area contributed by atoms with Gasteiger partial charge in [-0.2, -0.15) is 0 Å². The maximum atomic E-state index is 11.2. The monoisotopic (exact) mass is 186 g/mol. The summed E-state index contributed by atoms with van der Waals surface area (Å²) < 4.78 is 4.74. The van der Waals surface area contributed by atoms with Gasteiger partial charge in [0, 0.05) is 4.91 Å². The van der Waals surface area contributed by atoms with Gasteiger partial charge in [-0.3, -0.25) is 4.79 Å². The van der Waals surface area contributed by atoms with Crippen LogP contribution in [0.1, 0.15) is 13.8 Å². The Morgan fingerprint density at radius 2 is 2.33 bits per heavy atom. The number of hydrogen-bond donors (Lipinski definition) is 0. The minimum Gasteiger partial charge on any atom is -0.462 e. The first-order valence-corrected chi connectivity index (χ1v) is 4.69. The van der Waals surface area contributed by atoms with E-state index in [0.29, 0.717) is 12.4 Å². The summed E-state index contributed by atoms with van der Waals surface area (Å²) in [6.45, 7) is 3.80. The first kappa shape index (κ1) is 9.32. The van der Waals surface area contributed by atoms with Crippen molar-refractivity contribution >= 4 is 23.5 Å². The Kier molecular flexibility index (Phi) is 2.92. The summed E-state index contributed by atoms with van der Waals surface area (Å²) in [5.41, 5.74) is 0.238. The molecule has 1 aliphatic heterocycles. The average molecular weight is 186 g/mol. The Morgan fingerprint density at radius 3 is 2.75 bits per heavy atom. The third-order valence-electron chi connectivity index (χ3n) is 1.53. The van der Waals surface area contributed by atoms with Crippen molar-refractivity contribution in [2.75, 3.05) is 12.4 Å². The Morgan fingerprint density at radius 1 is 1.67 bits per heavy atom. The van der Waals surface area contributed by atoms with Crippen LogP contribution in [0.3, 0.4) is 0 Å². The van der Waals surface area contributed by atoms with Gasteiger partial charge < -0.3 is 4.74 Å². The zero-order valence-electron chi connectivity index (χ0n) is 7.05. The second kappa shape index (κ2) is 3.76. The van der Waals surface area contributed by atoms with E-state index in [4.69, 9.17) is 4.74 Å². The fraction of sp³-hybridized carbons (Fsp3) is 0.500.